The minimum absolute atomic E-state index is 0.122. The fourth-order valence-corrected chi connectivity index (χ4v) is 4.79. The van der Waals surface area contributed by atoms with E-state index < -0.39 is 23.6 Å². The summed E-state index contributed by atoms with van der Waals surface area (Å²) in [6.07, 6.45) is 1.47. The fourth-order valence-electron chi connectivity index (χ4n) is 3.67. The first-order valence-electron chi connectivity index (χ1n) is 11.7. The molecule has 0 atom stereocenters. The standard InChI is InChI=1S/C28H24ClN3O6S/c1-17-7-6-10-20(11-17)31-25(34)16-38-26-21(29)12-18(13-22(26)37-2)14-23-27(35)32(28(36)39-23)15-24(33)30-19-8-4-3-5-9-19/h3-14H,15-16H2,1-2H3,(H,30,33)(H,31,34)/b23-14-. The molecule has 1 fully saturated rings. The lowest BCUT2D eigenvalue weighted by Gasteiger charge is -2.14. The van der Waals surface area contributed by atoms with Crippen LogP contribution in [0.2, 0.25) is 5.02 Å². The smallest absolute Gasteiger partial charge is 0.294 e. The molecule has 9 nitrogen and oxygen atoms in total. The number of amides is 4. The Kier molecular flexibility index (Phi) is 8.90. The lowest BCUT2D eigenvalue weighted by atomic mass is 10.1. The van der Waals surface area contributed by atoms with Crippen LogP contribution in [-0.2, 0) is 14.4 Å². The normalized spacial score (nSPS) is 13.9. The lowest BCUT2D eigenvalue weighted by molar-refractivity contribution is -0.127. The summed E-state index contributed by atoms with van der Waals surface area (Å²) in [5, 5.41) is 4.98. The highest BCUT2D eigenvalue weighted by molar-refractivity contribution is 8.18. The Morgan fingerprint density at radius 1 is 0.974 bits per heavy atom. The number of ether oxygens (including phenoxy) is 2. The third-order valence-corrected chi connectivity index (χ3v) is 6.62. The molecular formula is C28H24ClN3O6S. The van der Waals surface area contributed by atoms with Gasteiger partial charge in [0, 0.05) is 11.4 Å². The molecule has 0 saturated carbocycles. The van der Waals surface area contributed by atoms with Crippen LogP contribution in [0.15, 0.2) is 71.6 Å². The monoisotopic (exact) mass is 565 g/mol. The average molecular weight is 566 g/mol. The summed E-state index contributed by atoms with van der Waals surface area (Å²) < 4.78 is 11.0. The van der Waals surface area contributed by atoms with E-state index in [-0.39, 0.29) is 33.9 Å². The van der Waals surface area contributed by atoms with Crippen molar-refractivity contribution in [2.75, 3.05) is 30.9 Å². The van der Waals surface area contributed by atoms with Crippen LogP contribution in [0.25, 0.3) is 6.08 Å². The van der Waals surface area contributed by atoms with Gasteiger partial charge in [0.15, 0.2) is 18.1 Å². The molecule has 0 radical (unpaired) electrons. The molecule has 1 aliphatic heterocycles. The van der Waals surface area contributed by atoms with E-state index in [1.54, 1.807) is 42.5 Å². The van der Waals surface area contributed by atoms with Gasteiger partial charge in [-0.3, -0.25) is 24.1 Å². The van der Waals surface area contributed by atoms with Gasteiger partial charge in [0.2, 0.25) is 5.91 Å². The van der Waals surface area contributed by atoms with E-state index in [0.29, 0.717) is 28.7 Å². The zero-order chi connectivity index (χ0) is 27.9. The predicted molar refractivity (Wildman–Crippen MR) is 151 cm³/mol. The number of aryl methyl sites for hydroxylation is 1. The summed E-state index contributed by atoms with van der Waals surface area (Å²) in [5.74, 6) is -1.09. The molecule has 1 heterocycles. The van der Waals surface area contributed by atoms with Crippen LogP contribution in [0.1, 0.15) is 11.1 Å². The summed E-state index contributed by atoms with van der Waals surface area (Å²) >= 11 is 7.13. The Bertz CT molecular complexity index is 1460. The van der Waals surface area contributed by atoms with Gasteiger partial charge in [-0.15, -0.1) is 0 Å². The molecule has 0 spiro atoms. The second-order valence-electron chi connectivity index (χ2n) is 8.42. The van der Waals surface area contributed by atoms with Gasteiger partial charge in [-0.05, 0) is 72.3 Å². The quantitative estimate of drug-likeness (QED) is 0.336. The summed E-state index contributed by atoms with van der Waals surface area (Å²) in [5.41, 5.74) is 2.67. The molecule has 4 rings (SSSR count). The van der Waals surface area contributed by atoms with E-state index in [1.165, 1.54) is 19.3 Å². The summed E-state index contributed by atoms with van der Waals surface area (Å²) in [6.45, 7) is 1.19. The van der Waals surface area contributed by atoms with Crippen molar-refractivity contribution in [3.8, 4) is 11.5 Å². The Labute approximate surface area is 234 Å². The molecule has 200 valence electrons. The predicted octanol–water partition coefficient (Wildman–Crippen LogP) is 5.35. The number of nitrogens with zero attached hydrogens (tertiary/aromatic N) is 1. The number of anilines is 2. The molecule has 0 aliphatic carbocycles. The van der Waals surface area contributed by atoms with Crippen LogP contribution in [0.5, 0.6) is 11.5 Å². The highest BCUT2D eigenvalue weighted by atomic mass is 35.5. The van der Waals surface area contributed by atoms with Crippen molar-refractivity contribution in [2.24, 2.45) is 0 Å². The topological polar surface area (TPSA) is 114 Å². The second-order valence-corrected chi connectivity index (χ2v) is 9.82. The second kappa shape index (κ2) is 12.5. The first kappa shape index (κ1) is 27.7. The van der Waals surface area contributed by atoms with Gasteiger partial charge >= 0.3 is 0 Å². The highest BCUT2D eigenvalue weighted by Crippen LogP contribution is 2.39. The Morgan fingerprint density at radius 2 is 1.69 bits per heavy atom. The Balaban J connectivity index is 1.42. The SMILES string of the molecule is COc1cc(/C=C2\SC(=O)N(CC(=O)Nc3ccccc3)C2=O)cc(Cl)c1OCC(=O)Nc1cccc(C)c1. The van der Waals surface area contributed by atoms with Gasteiger partial charge in [-0.25, -0.2) is 0 Å². The van der Waals surface area contributed by atoms with Crippen molar-refractivity contribution >= 4 is 63.8 Å². The van der Waals surface area contributed by atoms with Crippen LogP contribution < -0.4 is 20.1 Å². The van der Waals surface area contributed by atoms with Crippen molar-refractivity contribution in [1.82, 2.24) is 4.90 Å². The van der Waals surface area contributed by atoms with Crippen molar-refractivity contribution in [3.05, 3.63) is 87.8 Å². The lowest BCUT2D eigenvalue weighted by Crippen LogP contribution is -2.36. The van der Waals surface area contributed by atoms with Gasteiger partial charge in [0.25, 0.3) is 17.1 Å². The van der Waals surface area contributed by atoms with Gasteiger partial charge in [0.05, 0.1) is 17.0 Å². The molecule has 2 N–H and O–H groups in total. The minimum Gasteiger partial charge on any atom is -0.493 e. The molecule has 0 aromatic heterocycles. The molecule has 3 aromatic rings. The van der Waals surface area contributed by atoms with E-state index in [4.69, 9.17) is 21.1 Å². The molecule has 0 unspecified atom stereocenters. The molecule has 4 amide bonds. The largest absolute Gasteiger partial charge is 0.493 e. The number of imide groups is 1. The molecular weight excluding hydrogens is 542 g/mol. The van der Waals surface area contributed by atoms with Crippen molar-refractivity contribution in [2.45, 2.75) is 6.92 Å². The van der Waals surface area contributed by atoms with E-state index >= 15 is 0 Å². The first-order valence-corrected chi connectivity index (χ1v) is 12.9. The van der Waals surface area contributed by atoms with Crippen LogP contribution in [0, 0.1) is 6.92 Å². The Hall–Kier alpha value is -4.28. The number of thioether (sulfide) groups is 1. The summed E-state index contributed by atoms with van der Waals surface area (Å²) in [6, 6.07) is 19.2. The maximum Gasteiger partial charge on any atom is 0.294 e. The average Bonchev–Trinajstić information content (AvgIpc) is 3.15. The maximum atomic E-state index is 12.9. The number of nitrogens with one attached hydrogen (secondary N) is 2. The van der Waals surface area contributed by atoms with E-state index in [1.807, 2.05) is 25.1 Å². The van der Waals surface area contributed by atoms with E-state index in [0.717, 1.165) is 10.5 Å². The zero-order valence-corrected chi connectivity index (χ0v) is 22.6. The van der Waals surface area contributed by atoms with E-state index in [2.05, 4.69) is 10.6 Å². The third-order valence-electron chi connectivity index (χ3n) is 5.43. The van der Waals surface area contributed by atoms with Crippen LogP contribution in [0.4, 0.5) is 16.2 Å². The van der Waals surface area contributed by atoms with Crippen molar-refractivity contribution in [3.63, 3.8) is 0 Å². The molecule has 0 bridgehead atoms. The number of methoxy groups -OCH3 is 1. The summed E-state index contributed by atoms with van der Waals surface area (Å²) in [4.78, 5) is 51.0. The minimum atomic E-state index is -0.601. The van der Waals surface area contributed by atoms with Gasteiger partial charge in [-0.2, -0.15) is 0 Å². The number of carbonyl (C=O) groups is 4. The molecule has 1 aliphatic rings. The van der Waals surface area contributed by atoms with Gasteiger partial charge in [0.1, 0.15) is 6.54 Å². The van der Waals surface area contributed by atoms with Gasteiger partial charge < -0.3 is 20.1 Å². The highest BCUT2D eigenvalue weighted by Gasteiger charge is 2.36. The number of rotatable bonds is 9. The zero-order valence-electron chi connectivity index (χ0n) is 21.0. The van der Waals surface area contributed by atoms with E-state index in [9.17, 15) is 19.2 Å². The summed E-state index contributed by atoms with van der Waals surface area (Å²) in [7, 11) is 1.41. The molecule has 3 aromatic carbocycles. The van der Waals surface area contributed by atoms with Crippen LogP contribution >= 0.6 is 23.4 Å². The molecule has 1 saturated heterocycles. The number of carbonyl (C=O) groups excluding carboxylic acids is 4. The van der Waals surface area contributed by atoms with Crippen molar-refractivity contribution < 1.29 is 28.7 Å². The van der Waals surface area contributed by atoms with Gasteiger partial charge in [-0.1, -0.05) is 41.9 Å². The molecule has 39 heavy (non-hydrogen) atoms. The molecule has 11 heteroatoms. The third kappa shape index (κ3) is 7.18. The number of hydrogen-bond donors (Lipinski definition) is 2. The number of hydrogen-bond acceptors (Lipinski definition) is 7. The number of para-hydroxylation sites is 1. The van der Waals surface area contributed by atoms with Crippen molar-refractivity contribution in [1.29, 1.82) is 0 Å². The first-order chi connectivity index (χ1) is 18.7. The number of benzene rings is 3. The fraction of sp³-hybridized carbons (Fsp3) is 0.143. The Morgan fingerprint density at radius 3 is 2.41 bits per heavy atom. The maximum absolute atomic E-state index is 12.9. The van der Waals surface area contributed by atoms with Crippen LogP contribution in [-0.4, -0.2) is 48.1 Å². The number of halogens is 1. The van der Waals surface area contributed by atoms with Crippen LogP contribution in [0.3, 0.4) is 0 Å².